The first-order valence-electron chi connectivity index (χ1n) is 6.81. The molecule has 1 aliphatic heterocycles. The van der Waals surface area contributed by atoms with E-state index in [4.69, 9.17) is 5.73 Å². The number of hydrogen-bond acceptors (Lipinski definition) is 4. The molecular formula is C14H20N4O2. The van der Waals surface area contributed by atoms with Crippen LogP contribution in [-0.4, -0.2) is 41.8 Å². The highest BCUT2D eigenvalue weighted by atomic mass is 16.2. The van der Waals surface area contributed by atoms with Crippen LogP contribution in [0.1, 0.15) is 28.9 Å². The molecule has 1 atom stereocenters. The first-order valence-corrected chi connectivity index (χ1v) is 6.81. The lowest BCUT2D eigenvalue weighted by Gasteiger charge is -2.31. The summed E-state index contributed by atoms with van der Waals surface area (Å²) in [6.07, 6.45) is 3.28. The summed E-state index contributed by atoms with van der Waals surface area (Å²) in [5, 5.41) is 2.64. The van der Waals surface area contributed by atoms with Gasteiger partial charge in [-0.1, -0.05) is 6.07 Å². The van der Waals surface area contributed by atoms with E-state index in [1.165, 1.54) is 0 Å². The zero-order valence-corrected chi connectivity index (χ0v) is 11.6. The van der Waals surface area contributed by atoms with Crippen LogP contribution in [0.15, 0.2) is 18.3 Å². The predicted molar refractivity (Wildman–Crippen MR) is 74.8 cm³/mol. The van der Waals surface area contributed by atoms with E-state index in [1.807, 2.05) is 0 Å². The van der Waals surface area contributed by atoms with E-state index in [1.54, 1.807) is 30.3 Å². The smallest absolute Gasteiger partial charge is 0.272 e. The fraction of sp³-hybridized carbons (Fsp3) is 0.500. The molecule has 1 fully saturated rings. The molecule has 2 rings (SSSR count). The Hall–Kier alpha value is -1.95. The molecule has 2 heterocycles. The van der Waals surface area contributed by atoms with Gasteiger partial charge in [0.2, 0.25) is 5.91 Å². The zero-order chi connectivity index (χ0) is 14.5. The van der Waals surface area contributed by atoms with Crippen LogP contribution in [0, 0.1) is 5.92 Å². The molecule has 0 aromatic carbocycles. The van der Waals surface area contributed by atoms with E-state index in [-0.39, 0.29) is 17.7 Å². The van der Waals surface area contributed by atoms with E-state index in [0.29, 0.717) is 25.3 Å². The summed E-state index contributed by atoms with van der Waals surface area (Å²) >= 11 is 0. The SMILES string of the molecule is CNC(=O)C1CCCN(C(=O)c2ccc(CN)cn2)C1. The number of amides is 2. The molecule has 0 spiro atoms. The van der Waals surface area contributed by atoms with Crippen LogP contribution in [0.25, 0.3) is 0 Å². The van der Waals surface area contributed by atoms with Crippen LogP contribution in [-0.2, 0) is 11.3 Å². The molecule has 2 amide bonds. The van der Waals surface area contributed by atoms with Crippen LogP contribution in [0.4, 0.5) is 0 Å². The summed E-state index contributed by atoms with van der Waals surface area (Å²) in [5.41, 5.74) is 6.80. The Balaban J connectivity index is 2.05. The third-order valence-electron chi connectivity index (χ3n) is 3.61. The zero-order valence-electron chi connectivity index (χ0n) is 11.6. The molecular weight excluding hydrogens is 256 g/mol. The number of nitrogens with zero attached hydrogens (tertiary/aromatic N) is 2. The standard InChI is InChI=1S/C14H20N4O2/c1-16-13(19)11-3-2-6-18(9-11)14(20)12-5-4-10(7-15)8-17-12/h4-5,8,11H,2-3,6-7,9,15H2,1H3,(H,16,19). The number of nitrogens with one attached hydrogen (secondary N) is 1. The maximum absolute atomic E-state index is 12.4. The Morgan fingerprint density at radius 1 is 1.50 bits per heavy atom. The Labute approximate surface area is 118 Å². The van der Waals surface area contributed by atoms with Crippen LogP contribution in [0.3, 0.4) is 0 Å². The lowest BCUT2D eigenvalue weighted by atomic mass is 9.97. The van der Waals surface area contributed by atoms with Gasteiger partial charge in [0.1, 0.15) is 5.69 Å². The average Bonchev–Trinajstić information content (AvgIpc) is 2.53. The first-order chi connectivity index (χ1) is 9.65. The highest BCUT2D eigenvalue weighted by Gasteiger charge is 2.28. The second-order valence-electron chi connectivity index (χ2n) is 4.96. The maximum Gasteiger partial charge on any atom is 0.272 e. The normalized spacial score (nSPS) is 18.7. The number of aromatic nitrogens is 1. The van der Waals surface area contributed by atoms with Gasteiger partial charge in [-0.3, -0.25) is 14.6 Å². The van der Waals surface area contributed by atoms with Crippen molar-refractivity contribution in [3.8, 4) is 0 Å². The van der Waals surface area contributed by atoms with E-state index in [2.05, 4.69) is 10.3 Å². The second-order valence-corrected chi connectivity index (χ2v) is 4.96. The molecule has 6 nitrogen and oxygen atoms in total. The van der Waals surface area contributed by atoms with Gasteiger partial charge in [-0.25, -0.2) is 0 Å². The summed E-state index contributed by atoms with van der Waals surface area (Å²) < 4.78 is 0. The third kappa shape index (κ3) is 3.14. The van der Waals surface area contributed by atoms with Crippen molar-refractivity contribution in [3.63, 3.8) is 0 Å². The Morgan fingerprint density at radius 2 is 2.30 bits per heavy atom. The number of rotatable bonds is 3. The van der Waals surface area contributed by atoms with Gasteiger partial charge in [-0.05, 0) is 24.5 Å². The fourth-order valence-electron chi connectivity index (χ4n) is 2.41. The summed E-state index contributed by atoms with van der Waals surface area (Å²) in [4.78, 5) is 29.9. The molecule has 0 bridgehead atoms. The predicted octanol–water partition coefficient (Wildman–Crippen LogP) is 0.139. The fourth-order valence-corrected chi connectivity index (χ4v) is 2.41. The number of carbonyl (C=O) groups excluding carboxylic acids is 2. The molecule has 20 heavy (non-hydrogen) atoms. The minimum Gasteiger partial charge on any atom is -0.359 e. The van der Waals surface area contributed by atoms with Gasteiger partial charge in [-0.2, -0.15) is 0 Å². The van der Waals surface area contributed by atoms with Gasteiger partial charge in [0.05, 0.1) is 5.92 Å². The molecule has 1 aromatic rings. The van der Waals surface area contributed by atoms with Gasteiger partial charge in [0.15, 0.2) is 0 Å². The van der Waals surface area contributed by atoms with Crippen molar-refractivity contribution < 1.29 is 9.59 Å². The number of likely N-dealkylation sites (tertiary alicyclic amines) is 1. The molecule has 6 heteroatoms. The van der Waals surface area contributed by atoms with Gasteiger partial charge in [0.25, 0.3) is 5.91 Å². The van der Waals surface area contributed by atoms with Gasteiger partial charge < -0.3 is 16.0 Å². The van der Waals surface area contributed by atoms with E-state index < -0.39 is 0 Å². The minimum absolute atomic E-state index is 0.00561. The molecule has 108 valence electrons. The van der Waals surface area contributed by atoms with Gasteiger partial charge in [-0.15, -0.1) is 0 Å². The molecule has 0 radical (unpaired) electrons. The molecule has 1 saturated heterocycles. The van der Waals surface area contributed by atoms with Crippen molar-refractivity contribution >= 4 is 11.8 Å². The number of hydrogen-bond donors (Lipinski definition) is 2. The summed E-state index contributed by atoms with van der Waals surface area (Å²) in [6, 6.07) is 3.49. The summed E-state index contributed by atoms with van der Waals surface area (Å²) in [6.45, 7) is 1.54. The van der Waals surface area contributed by atoms with Gasteiger partial charge >= 0.3 is 0 Å². The summed E-state index contributed by atoms with van der Waals surface area (Å²) in [7, 11) is 1.62. The van der Waals surface area contributed by atoms with Crippen molar-refractivity contribution in [1.29, 1.82) is 0 Å². The van der Waals surface area contributed by atoms with Crippen LogP contribution in [0.5, 0.6) is 0 Å². The number of piperidine rings is 1. The highest BCUT2D eigenvalue weighted by Crippen LogP contribution is 2.18. The van der Waals surface area contributed by atoms with Crippen molar-refractivity contribution in [2.75, 3.05) is 20.1 Å². The highest BCUT2D eigenvalue weighted by molar-refractivity contribution is 5.92. The molecule has 0 saturated carbocycles. The third-order valence-corrected chi connectivity index (χ3v) is 3.61. The molecule has 1 unspecified atom stereocenters. The van der Waals surface area contributed by atoms with E-state index >= 15 is 0 Å². The first kappa shape index (κ1) is 14.5. The average molecular weight is 276 g/mol. The van der Waals surface area contributed by atoms with Gasteiger partial charge in [0, 0.05) is 32.9 Å². The summed E-state index contributed by atoms with van der Waals surface area (Å²) in [5.74, 6) is -0.253. The molecule has 0 aliphatic carbocycles. The lowest BCUT2D eigenvalue weighted by Crippen LogP contribution is -2.45. The van der Waals surface area contributed by atoms with E-state index in [9.17, 15) is 9.59 Å². The van der Waals surface area contributed by atoms with Crippen LogP contribution >= 0.6 is 0 Å². The van der Waals surface area contributed by atoms with Crippen LogP contribution < -0.4 is 11.1 Å². The van der Waals surface area contributed by atoms with Crippen molar-refractivity contribution in [1.82, 2.24) is 15.2 Å². The molecule has 3 N–H and O–H groups in total. The quantitative estimate of drug-likeness (QED) is 0.822. The topological polar surface area (TPSA) is 88.3 Å². The minimum atomic E-state index is -0.124. The van der Waals surface area contributed by atoms with Crippen LogP contribution in [0.2, 0.25) is 0 Å². The van der Waals surface area contributed by atoms with Crippen molar-refractivity contribution in [3.05, 3.63) is 29.6 Å². The lowest BCUT2D eigenvalue weighted by molar-refractivity contribution is -0.125. The Kier molecular flexibility index (Phi) is 4.68. The monoisotopic (exact) mass is 276 g/mol. The number of pyridine rings is 1. The Morgan fingerprint density at radius 3 is 2.90 bits per heavy atom. The Bertz CT molecular complexity index is 486. The number of carbonyl (C=O) groups is 2. The maximum atomic E-state index is 12.4. The second kappa shape index (κ2) is 6.47. The number of nitrogens with two attached hydrogens (primary N) is 1. The molecule has 1 aliphatic rings. The van der Waals surface area contributed by atoms with E-state index in [0.717, 1.165) is 18.4 Å². The van der Waals surface area contributed by atoms with Crippen molar-refractivity contribution in [2.24, 2.45) is 11.7 Å². The largest absolute Gasteiger partial charge is 0.359 e. The van der Waals surface area contributed by atoms with Crippen molar-refractivity contribution in [2.45, 2.75) is 19.4 Å². The molecule has 1 aromatic heterocycles.